The molecule has 6 nitrogen and oxygen atoms in total. The summed E-state index contributed by atoms with van der Waals surface area (Å²) in [6, 6.07) is 8.97. The van der Waals surface area contributed by atoms with Crippen LogP contribution in [-0.4, -0.2) is 27.6 Å². The Morgan fingerprint density at radius 2 is 1.86 bits per heavy atom. The first kappa shape index (κ1) is 18.5. The van der Waals surface area contributed by atoms with Crippen molar-refractivity contribution in [1.29, 1.82) is 0 Å². The van der Waals surface area contributed by atoms with E-state index in [1.54, 1.807) is 12.1 Å². The van der Waals surface area contributed by atoms with E-state index in [2.05, 4.69) is 0 Å². The third-order valence-corrected chi connectivity index (χ3v) is 6.24. The van der Waals surface area contributed by atoms with Crippen LogP contribution < -0.4 is 10.0 Å². The van der Waals surface area contributed by atoms with Crippen molar-refractivity contribution in [1.82, 2.24) is 0 Å². The van der Waals surface area contributed by atoms with Gasteiger partial charge in [0.05, 0.1) is 17.5 Å². The standard InChI is InChI=1S/C20H19FN2O4S/c1-23(28(2,25)26)16-10-17-15(9-14(16)11-3-4-11)18(20(22)24)19(27-17)12-5-7-13(21)8-6-12/h5-11H,3-4H2,1-2H3,(H2,22,24). The van der Waals surface area contributed by atoms with Gasteiger partial charge in [0, 0.05) is 24.1 Å². The van der Waals surface area contributed by atoms with E-state index < -0.39 is 21.7 Å². The summed E-state index contributed by atoms with van der Waals surface area (Å²) in [4.78, 5) is 12.2. The zero-order valence-electron chi connectivity index (χ0n) is 15.4. The quantitative estimate of drug-likeness (QED) is 0.705. The van der Waals surface area contributed by atoms with Gasteiger partial charge in [0.1, 0.15) is 17.2 Å². The van der Waals surface area contributed by atoms with Crippen LogP contribution in [0, 0.1) is 5.82 Å². The summed E-state index contributed by atoms with van der Waals surface area (Å²) in [7, 11) is -1.98. The Balaban J connectivity index is 2.00. The number of amides is 1. The molecule has 146 valence electrons. The number of hydrogen-bond acceptors (Lipinski definition) is 4. The van der Waals surface area contributed by atoms with Gasteiger partial charge in [0.25, 0.3) is 5.91 Å². The number of halogens is 1. The van der Waals surface area contributed by atoms with Crippen LogP contribution in [0.4, 0.5) is 10.1 Å². The minimum absolute atomic E-state index is 0.206. The molecule has 1 amide bonds. The van der Waals surface area contributed by atoms with E-state index in [1.807, 2.05) is 0 Å². The summed E-state index contributed by atoms with van der Waals surface area (Å²) < 4.78 is 44.6. The predicted molar refractivity (Wildman–Crippen MR) is 105 cm³/mol. The molecule has 0 unspecified atom stereocenters. The minimum Gasteiger partial charge on any atom is -0.455 e. The molecule has 1 saturated carbocycles. The number of benzene rings is 2. The molecule has 3 aromatic rings. The average molecular weight is 402 g/mol. The first-order valence-corrected chi connectivity index (χ1v) is 10.6. The number of nitrogens with two attached hydrogens (primary N) is 1. The number of fused-ring (bicyclic) bond motifs is 1. The summed E-state index contributed by atoms with van der Waals surface area (Å²) >= 11 is 0. The fraction of sp³-hybridized carbons (Fsp3) is 0.250. The lowest BCUT2D eigenvalue weighted by Gasteiger charge is -2.20. The maximum absolute atomic E-state index is 13.3. The summed E-state index contributed by atoms with van der Waals surface area (Å²) in [6.45, 7) is 0. The highest BCUT2D eigenvalue weighted by Gasteiger charge is 2.31. The molecule has 1 aromatic heterocycles. The summed E-state index contributed by atoms with van der Waals surface area (Å²) in [5.74, 6) is -0.602. The largest absolute Gasteiger partial charge is 0.455 e. The molecular formula is C20H19FN2O4S. The number of sulfonamides is 1. The highest BCUT2D eigenvalue weighted by molar-refractivity contribution is 7.92. The molecule has 4 rings (SSSR count). The number of carbonyl (C=O) groups is 1. The summed E-state index contributed by atoms with van der Waals surface area (Å²) in [6.07, 6.45) is 3.03. The van der Waals surface area contributed by atoms with Gasteiger partial charge >= 0.3 is 0 Å². The van der Waals surface area contributed by atoms with Crippen molar-refractivity contribution in [2.24, 2.45) is 5.73 Å². The second kappa shape index (κ2) is 6.34. The number of rotatable bonds is 5. The second-order valence-corrected chi connectivity index (χ2v) is 9.10. The van der Waals surface area contributed by atoms with Crippen LogP contribution >= 0.6 is 0 Å². The van der Waals surface area contributed by atoms with Gasteiger partial charge in [-0.2, -0.15) is 0 Å². The van der Waals surface area contributed by atoms with Crippen LogP contribution in [0.5, 0.6) is 0 Å². The molecule has 0 radical (unpaired) electrons. The molecule has 2 N–H and O–H groups in total. The van der Waals surface area contributed by atoms with Crippen LogP contribution in [0.15, 0.2) is 40.8 Å². The highest BCUT2D eigenvalue weighted by Crippen LogP contribution is 2.47. The third-order valence-electron chi connectivity index (χ3n) is 5.04. The lowest BCUT2D eigenvalue weighted by Crippen LogP contribution is -2.25. The fourth-order valence-electron chi connectivity index (χ4n) is 3.37. The van der Waals surface area contributed by atoms with Crippen molar-refractivity contribution < 1.29 is 22.0 Å². The van der Waals surface area contributed by atoms with E-state index in [4.69, 9.17) is 10.2 Å². The van der Waals surface area contributed by atoms with Gasteiger partial charge in [0.15, 0.2) is 0 Å². The van der Waals surface area contributed by atoms with Gasteiger partial charge in [-0.3, -0.25) is 9.10 Å². The van der Waals surface area contributed by atoms with Gasteiger partial charge < -0.3 is 10.2 Å². The maximum Gasteiger partial charge on any atom is 0.253 e. The second-order valence-electron chi connectivity index (χ2n) is 7.09. The summed E-state index contributed by atoms with van der Waals surface area (Å²) in [5, 5.41) is 0.527. The van der Waals surface area contributed by atoms with Crippen molar-refractivity contribution in [2.45, 2.75) is 18.8 Å². The number of hydrogen-bond donors (Lipinski definition) is 1. The van der Waals surface area contributed by atoms with E-state index >= 15 is 0 Å². The van der Waals surface area contributed by atoms with Crippen molar-refractivity contribution >= 4 is 32.6 Å². The molecule has 0 spiro atoms. The monoisotopic (exact) mass is 402 g/mol. The van der Waals surface area contributed by atoms with Crippen molar-refractivity contribution in [2.75, 3.05) is 17.6 Å². The molecule has 0 atom stereocenters. The first-order chi connectivity index (χ1) is 13.2. The molecule has 0 aliphatic heterocycles. The number of nitrogens with zero attached hydrogens (tertiary/aromatic N) is 1. The van der Waals surface area contributed by atoms with E-state index in [1.165, 1.54) is 35.6 Å². The Kier molecular flexibility index (Phi) is 4.19. The lowest BCUT2D eigenvalue weighted by molar-refractivity contribution is 0.100. The molecule has 1 aliphatic carbocycles. The number of primary amides is 1. The molecular weight excluding hydrogens is 383 g/mol. The zero-order chi connectivity index (χ0) is 20.2. The molecule has 1 heterocycles. The van der Waals surface area contributed by atoms with E-state index in [9.17, 15) is 17.6 Å². The lowest BCUT2D eigenvalue weighted by atomic mass is 10.0. The Bertz CT molecular complexity index is 1200. The Hall–Kier alpha value is -2.87. The molecule has 1 aliphatic rings. The molecule has 2 aromatic carbocycles. The molecule has 1 fully saturated rings. The molecule has 0 saturated heterocycles. The fourth-order valence-corrected chi connectivity index (χ4v) is 3.89. The van der Waals surface area contributed by atoms with Gasteiger partial charge in [-0.15, -0.1) is 0 Å². The first-order valence-electron chi connectivity index (χ1n) is 8.77. The SMILES string of the molecule is CN(c1cc2oc(-c3ccc(F)cc3)c(C(N)=O)c2cc1C1CC1)S(C)(=O)=O. The van der Waals surface area contributed by atoms with Crippen LogP contribution in [0.1, 0.15) is 34.7 Å². The van der Waals surface area contributed by atoms with Crippen LogP contribution in [0.3, 0.4) is 0 Å². The van der Waals surface area contributed by atoms with Crippen LogP contribution in [0.25, 0.3) is 22.3 Å². The van der Waals surface area contributed by atoms with Crippen molar-refractivity contribution in [3.63, 3.8) is 0 Å². The van der Waals surface area contributed by atoms with Gasteiger partial charge in [-0.1, -0.05) is 0 Å². The Morgan fingerprint density at radius 1 is 1.21 bits per heavy atom. The minimum atomic E-state index is -3.47. The van der Waals surface area contributed by atoms with Crippen molar-refractivity contribution in [3.05, 3.63) is 53.3 Å². The number of anilines is 1. The molecule has 28 heavy (non-hydrogen) atoms. The Labute approximate surface area is 161 Å². The zero-order valence-corrected chi connectivity index (χ0v) is 16.2. The van der Waals surface area contributed by atoms with Gasteiger partial charge in [-0.25, -0.2) is 12.8 Å². The predicted octanol–water partition coefficient (Wildman–Crippen LogP) is 3.61. The van der Waals surface area contributed by atoms with E-state index in [-0.39, 0.29) is 17.2 Å². The topological polar surface area (TPSA) is 93.6 Å². The highest BCUT2D eigenvalue weighted by atomic mass is 32.2. The summed E-state index contributed by atoms with van der Waals surface area (Å²) in [5.41, 5.74) is 8.05. The van der Waals surface area contributed by atoms with Crippen molar-refractivity contribution in [3.8, 4) is 11.3 Å². The van der Waals surface area contributed by atoms with Crippen LogP contribution in [-0.2, 0) is 10.0 Å². The number of carbonyl (C=O) groups excluding carboxylic acids is 1. The normalized spacial score (nSPS) is 14.4. The van der Waals surface area contributed by atoms with Crippen LogP contribution in [0.2, 0.25) is 0 Å². The molecule has 0 bridgehead atoms. The number of furan rings is 1. The third kappa shape index (κ3) is 3.13. The smallest absolute Gasteiger partial charge is 0.253 e. The van der Waals surface area contributed by atoms with Gasteiger partial charge in [-0.05, 0) is 54.7 Å². The average Bonchev–Trinajstić information content (AvgIpc) is 3.40. The van der Waals surface area contributed by atoms with E-state index in [0.717, 1.165) is 24.7 Å². The molecule has 8 heteroatoms. The maximum atomic E-state index is 13.3. The Morgan fingerprint density at radius 3 is 2.39 bits per heavy atom. The van der Waals surface area contributed by atoms with Gasteiger partial charge in [0.2, 0.25) is 10.0 Å². The van der Waals surface area contributed by atoms with E-state index in [0.29, 0.717) is 22.2 Å².